The summed E-state index contributed by atoms with van der Waals surface area (Å²) in [6.07, 6.45) is 3.68. The van der Waals surface area contributed by atoms with Crippen LogP contribution in [-0.4, -0.2) is 57.3 Å². The fraction of sp³-hybridized carbons (Fsp3) is 0.440. The normalized spacial score (nSPS) is 16.2. The number of likely N-dealkylation sites (tertiary alicyclic amines) is 1. The van der Waals surface area contributed by atoms with E-state index >= 15 is 0 Å². The second-order valence-electron chi connectivity index (χ2n) is 9.16. The molecular weight excluding hydrogens is 562 g/mol. The topological polar surface area (TPSA) is 122 Å². The molecule has 5 rings (SSSR count). The van der Waals surface area contributed by atoms with Crippen molar-refractivity contribution in [1.29, 1.82) is 0 Å². The first-order valence-electron chi connectivity index (χ1n) is 12.1. The molecule has 1 atom stereocenters. The van der Waals surface area contributed by atoms with Gasteiger partial charge < -0.3 is 29.4 Å². The van der Waals surface area contributed by atoms with Crippen molar-refractivity contribution in [3.05, 3.63) is 28.9 Å². The molecule has 37 heavy (non-hydrogen) atoms. The van der Waals surface area contributed by atoms with E-state index in [9.17, 15) is 9.59 Å². The van der Waals surface area contributed by atoms with Gasteiger partial charge in [-0.2, -0.15) is 0 Å². The number of anilines is 1. The monoisotopic (exact) mass is 589 g/mol. The number of imidazole rings is 1. The van der Waals surface area contributed by atoms with Gasteiger partial charge in [-0.1, -0.05) is 11.8 Å². The van der Waals surface area contributed by atoms with Gasteiger partial charge in [0.2, 0.25) is 6.79 Å². The predicted molar refractivity (Wildman–Crippen MR) is 141 cm³/mol. The van der Waals surface area contributed by atoms with Crippen LogP contribution in [0, 0.1) is 5.92 Å². The molecule has 1 fully saturated rings. The van der Waals surface area contributed by atoms with Gasteiger partial charge in [-0.05, 0) is 66.2 Å². The highest BCUT2D eigenvalue weighted by atomic mass is 79.9. The van der Waals surface area contributed by atoms with Crippen LogP contribution in [0.3, 0.4) is 0 Å². The Morgan fingerprint density at radius 1 is 1.27 bits per heavy atom. The Labute approximate surface area is 227 Å². The lowest BCUT2D eigenvalue weighted by Crippen LogP contribution is -2.44. The van der Waals surface area contributed by atoms with E-state index in [1.165, 1.54) is 18.7 Å². The molecule has 1 unspecified atom stereocenters. The molecular formula is C25H28BrN5O5S. The fourth-order valence-electron chi connectivity index (χ4n) is 4.73. The standard InChI is InChI=1S/C25H28BrN5O5S/c1-14(36-15(2)32)24(33)30-8-4-16(5-9-30)6-10-31-18-3-7-28-23(27)22(18)29-25(31)37-21-12-20-19(11-17(21)26)34-13-35-20/h3,7,11-12,14,16H,4-6,8-10,13H2,1-2H3,(H2,27,28). The maximum Gasteiger partial charge on any atom is 0.303 e. The number of carbonyl (C=O) groups excluding carboxylic acids is 2. The predicted octanol–water partition coefficient (Wildman–Crippen LogP) is 4.24. The summed E-state index contributed by atoms with van der Waals surface area (Å²) < 4.78 is 19.2. The molecule has 0 spiro atoms. The lowest BCUT2D eigenvalue weighted by molar-refractivity contribution is -0.158. The summed E-state index contributed by atoms with van der Waals surface area (Å²) in [4.78, 5) is 35.6. The number of benzene rings is 1. The summed E-state index contributed by atoms with van der Waals surface area (Å²) >= 11 is 5.17. The highest BCUT2D eigenvalue weighted by Crippen LogP contribution is 2.43. The van der Waals surface area contributed by atoms with Gasteiger partial charge in [-0.15, -0.1) is 0 Å². The van der Waals surface area contributed by atoms with Gasteiger partial charge in [0.25, 0.3) is 5.91 Å². The molecule has 196 valence electrons. The Morgan fingerprint density at radius 3 is 2.73 bits per heavy atom. The molecule has 2 N–H and O–H groups in total. The van der Waals surface area contributed by atoms with Crippen LogP contribution in [0.15, 0.2) is 38.9 Å². The number of rotatable bonds is 7. The van der Waals surface area contributed by atoms with Gasteiger partial charge >= 0.3 is 5.97 Å². The number of esters is 1. The molecule has 1 saturated heterocycles. The molecule has 4 heterocycles. The lowest BCUT2D eigenvalue weighted by Gasteiger charge is -2.33. The third-order valence-corrected chi connectivity index (χ3v) is 8.64. The Hall–Kier alpha value is -2.99. The summed E-state index contributed by atoms with van der Waals surface area (Å²) in [7, 11) is 0. The number of amides is 1. The van der Waals surface area contributed by atoms with Crippen molar-refractivity contribution in [2.24, 2.45) is 5.92 Å². The van der Waals surface area contributed by atoms with Crippen molar-refractivity contribution in [1.82, 2.24) is 19.4 Å². The molecule has 2 aliphatic rings. The number of hydrogen-bond donors (Lipinski definition) is 1. The van der Waals surface area contributed by atoms with Crippen LogP contribution in [0.5, 0.6) is 11.5 Å². The Kier molecular flexibility index (Phi) is 7.47. The van der Waals surface area contributed by atoms with E-state index in [1.54, 1.807) is 18.0 Å². The Balaban J connectivity index is 1.30. The largest absolute Gasteiger partial charge is 0.454 e. The number of aromatic nitrogens is 3. The van der Waals surface area contributed by atoms with E-state index in [-0.39, 0.29) is 12.7 Å². The van der Waals surface area contributed by atoms with Crippen molar-refractivity contribution in [2.75, 3.05) is 25.6 Å². The number of pyridine rings is 1. The molecule has 1 aromatic carbocycles. The highest BCUT2D eigenvalue weighted by molar-refractivity contribution is 9.10. The molecule has 0 aliphatic carbocycles. The van der Waals surface area contributed by atoms with Gasteiger partial charge in [0.1, 0.15) is 5.52 Å². The SMILES string of the molecule is CC(=O)OC(C)C(=O)N1CCC(CCn2c(Sc3cc4c(cc3Br)OCO4)nc3c(N)nccc32)CC1. The first kappa shape index (κ1) is 25.7. The van der Waals surface area contributed by atoms with Crippen molar-refractivity contribution < 1.29 is 23.8 Å². The smallest absolute Gasteiger partial charge is 0.303 e. The lowest BCUT2D eigenvalue weighted by atomic mass is 9.93. The maximum absolute atomic E-state index is 12.6. The number of halogens is 1. The molecule has 10 nitrogen and oxygen atoms in total. The molecule has 2 aliphatic heterocycles. The van der Waals surface area contributed by atoms with Gasteiger partial charge in [0, 0.05) is 42.1 Å². The molecule has 0 radical (unpaired) electrons. The second-order valence-corrected chi connectivity index (χ2v) is 11.0. The zero-order valence-corrected chi connectivity index (χ0v) is 23.0. The number of piperidine rings is 1. The minimum absolute atomic E-state index is 0.134. The summed E-state index contributed by atoms with van der Waals surface area (Å²) in [5, 5.41) is 0.817. The van der Waals surface area contributed by atoms with E-state index in [2.05, 4.69) is 25.5 Å². The minimum atomic E-state index is -0.750. The van der Waals surface area contributed by atoms with E-state index < -0.39 is 12.1 Å². The molecule has 1 amide bonds. The van der Waals surface area contributed by atoms with Crippen LogP contribution < -0.4 is 15.2 Å². The van der Waals surface area contributed by atoms with Crippen molar-refractivity contribution >= 4 is 56.4 Å². The van der Waals surface area contributed by atoms with E-state index in [0.29, 0.717) is 41.8 Å². The third-order valence-electron chi connectivity index (χ3n) is 6.67. The number of nitrogens with zero attached hydrogens (tertiary/aromatic N) is 4. The van der Waals surface area contributed by atoms with Crippen LogP contribution in [0.2, 0.25) is 0 Å². The maximum atomic E-state index is 12.6. The van der Waals surface area contributed by atoms with Gasteiger partial charge in [0.05, 0.1) is 5.52 Å². The second kappa shape index (κ2) is 10.8. The average Bonchev–Trinajstić information content (AvgIpc) is 3.47. The first-order valence-corrected chi connectivity index (χ1v) is 13.7. The number of ether oxygens (including phenoxy) is 3. The first-order chi connectivity index (χ1) is 17.8. The fourth-order valence-corrected chi connectivity index (χ4v) is 6.25. The van der Waals surface area contributed by atoms with E-state index in [0.717, 1.165) is 45.8 Å². The summed E-state index contributed by atoms with van der Waals surface area (Å²) in [6, 6.07) is 5.80. The number of hydrogen-bond acceptors (Lipinski definition) is 9. The van der Waals surface area contributed by atoms with Crippen LogP contribution in [0.4, 0.5) is 5.82 Å². The molecule has 3 aromatic rings. The zero-order chi connectivity index (χ0) is 26.1. The minimum Gasteiger partial charge on any atom is -0.454 e. The number of carbonyl (C=O) groups is 2. The van der Waals surface area contributed by atoms with Crippen LogP contribution in [-0.2, 0) is 20.9 Å². The average molecular weight is 590 g/mol. The van der Waals surface area contributed by atoms with Gasteiger partial charge in [-0.25, -0.2) is 9.97 Å². The van der Waals surface area contributed by atoms with Crippen molar-refractivity contribution in [3.63, 3.8) is 0 Å². The molecule has 12 heteroatoms. The number of aryl methyl sites for hydroxylation is 1. The molecule has 0 saturated carbocycles. The molecule has 0 bridgehead atoms. The Bertz CT molecular complexity index is 1340. The number of nitrogens with two attached hydrogens (primary N) is 1. The Morgan fingerprint density at radius 2 is 2.00 bits per heavy atom. The van der Waals surface area contributed by atoms with Crippen molar-refractivity contribution in [2.45, 2.75) is 55.8 Å². The third kappa shape index (κ3) is 5.49. The summed E-state index contributed by atoms with van der Waals surface area (Å²) in [6.45, 7) is 5.22. The van der Waals surface area contributed by atoms with E-state index in [4.69, 9.17) is 24.9 Å². The van der Waals surface area contributed by atoms with Gasteiger partial charge in [0.15, 0.2) is 28.6 Å². The number of nitrogen functional groups attached to an aromatic ring is 1. The van der Waals surface area contributed by atoms with Crippen molar-refractivity contribution in [3.8, 4) is 11.5 Å². The zero-order valence-electron chi connectivity index (χ0n) is 20.6. The van der Waals surface area contributed by atoms with Gasteiger partial charge in [-0.3, -0.25) is 9.59 Å². The summed E-state index contributed by atoms with van der Waals surface area (Å²) in [5.74, 6) is 1.70. The number of fused-ring (bicyclic) bond motifs is 2. The van der Waals surface area contributed by atoms with Crippen LogP contribution in [0.1, 0.15) is 33.1 Å². The summed E-state index contributed by atoms with van der Waals surface area (Å²) in [5.41, 5.74) is 7.78. The van der Waals surface area contributed by atoms with Crippen LogP contribution >= 0.6 is 27.7 Å². The quantitative estimate of drug-likeness (QED) is 0.403. The van der Waals surface area contributed by atoms with Crippen LogP contribution in [0.25, 0.3) is 11.0 Å². The van der Waals surface area contributed by atoms with E-state index in [1.807, 2.05) is 18.2 Å². The molecule has 2 aromatic heterocycles. The highest BCUT2D eigenvalue weighted by Gasteiger charge is 2.28.